The van der Waals surface area contributed by atoms with Crippen LogP contribution in [0.2, 0.25) is 0 Å². The van der Waals surface area contributed by atoms with Crippen molar-refractivity contribution in [1.29, 1.82) is 0 Å². The van der Waals surface area contributed by atoms with E-state index in [9.17, 15) is 4.79 Å². The van der Waals surface area contributed by atoms with E-state index in [2.05, 4.69) is 15.3 Å². The summed E-state index contributed by atoms with van der Waals surface area (Å²) in [5.74, 6) is -0.0249. The summed E-state index contributed by atoms with van der Waals surface area (Å²) < 4.78 is 0. The molecule has 2 aliphatic carbocycles. The molecule has 5 nitrogen and oxygen atoms in total. The Hall–Kier alpha value is -1.65. The third kappa shape index (κ3) is 1.85. The third-order valence-corrected chi connectivity index (χ3v) is 2.92. The van der Waals surface area contributed by atoms with Gasteiger partial charge in [-0.15, -0.1) is 0 Å². The van der Waals surface area contributed by atoms with E-state index in [-0.39, 0.29) is 5.56 Å². The molecule has 0 saturated heterocycles. The van der Waals surface area contributed by atoms with Crippen molar-refractivity contribution < 1.29 is 9.90 Å². The van der Waals surface area contributed by atoms with Gasteiger partial charge in [-0.25, -0.2) is 14.8 Å². The molecule has 0 aliphatic heterocycles. The Morgan fingerprint density at radius 2 is 2.12 bits per heavy atom. The van der Waals surface area contributed by atoms with Crippen LogP contribution in [-0.4, -0.2) is 27.1 Å². The summed E-state index contributed by atoms with van der Waals surface area (Å²) in [5, 5.41) is 12.2. The maximum Gasteiger partial charge on any atom is 0.339 e. The second-order valence-corrected chi connectivity index (χ2v) is 4.49. The number of carboxylic acid groups (broad SMARTS) is 1. The van der Waals surface area contributed by atoms with Gasteiger partial charge in [0.1, 0.15) is 0 Å². The summed E-state index contributed by atoms with van der Waals surface area (Å²) in [4.78, 5) is 19.4. The van der Waals surface area contributed by atoms with Crippen LogP contribution in [0.3, 0.4) is 0 Å². The Labute approximate surface area is 92.9 Å². The number of nitrogens with one attached hydrogen (secondary N) is 1. The minimum atomic E-state index is -0.931. The lowest BCUT2D eigenvalue weighted by Crippen LogP contribution is -2.11. The van der Waals surface area contributed by atoms with E-state index in [4.69, 9.17) is 5.11 Å². The van der Waals surface area contributed by atoms with Gasteiger partial charge in [0, 0.05) is 18.2 Å². The molecule has 0 aromatic carbocycles. The first-order valence-corrected chi connectivity index (χ1v) is 5.61. The van der Waals surface area contributed by atoms with Crippen LogP contribution in [0.4, 0.5) is 5.95 Å². The molecule has 2 aliphatic rings. The number of hydrogen-bond donors (Lipinski definition) is 2. The van der Waals surface area contributed by atoms with E-state index in [1.165, 1.54) is 6.20 Å². The second-order valence-electron chi connectivity index (χ2n) is 4.49. The zero-order valence-corrected chi connectivity index (χ0v) is 8.81. The van der Waals surface area contributed by atoms with Gasteiger partial charge in [-0.1, -0.05) is 0 Å². The van der Waals surface area contributed by atoms with Gasteiger partial charge in [-0.05, 0) is 25.7 Å². The third-order valence-electron chi connectivity index (χ3n) is 2.92. The predicted molar refractivity (Wildman–Crippen MR) is 57.6 cm³/mol. The quantitative estimate of drug-likeness (QED) is 0.804. The highest BCUT2D eigenvalue weighted by atomic mass is 16.4. The van der Waals surface area contributed by atoms with Crippen LogP contribution in [-0.2, 0) is 0 Å². The lowest BCUT2D eigenvalue weighted by atomic mass is 10.1. The molecule has 0 amide bonds. The van der Waals surface area contributed by atoms with Gasteiger partial charge in [0.05, 0.1) is 11.3 Å². The maximum absolute atomic E-state index is 11.0. The number of nitrogens with zero attached hydrogens (tertiary/aromatic N) is 2. The van der Waals surface area contributed by atoms with E-state index < -0.39 is 5.97 Å². The molecule has 84 valence electrons. The lowest BCUT2D eigenvalue weighted by Gasteiger charge is -2.07. The average Bonchev–Trinajstić information content (AvgIpc) is 3.12. The predicted octanol–water partition coefficient (Wildman–Crippen LogP) is 1.63. The largest absolute Gasteiger partial charge is 0.478 e. The Bertz CT molecular complexity index is 439. The van der Waals surface area contributed by atoms with Crippen molar-refractivity contribution in [2.24, 2.45) is 0 Å². The molecule has 2 N–H and O–H groups in total. The molecule has 5 heteroatoms. The first-order chi connectivity index (χ1) is 7.74. The average molecular weight is 219 g/mol. The molecule has 1 aromatic rings. The molecule has 0 radical (unpaired) electrons. The van der Waals surface area contributed by atoms with Gasteiger partial charge in [-0.2, -0.15) is 0 Å². The molecule has 0 bridgehead atoms. The lowest BCUT2D eigenvalue weighted by molar-refractivity contribution is 0.0694. The van der Waals surface area contributed by atoms with Crippen molar-refractivity contribution in [3.05, 3.63) is 17.5 Å². The van der Waals surface area contributed by atoms with Crippen molar-refractivity contribution in [2.75, 3.05) is 5.32 Å². The van der Waals surface area contributed by atoms with Gasteiger partial charge in [0.25, 0.3) is 0 Å². The number of rotatable bonds is 4. The van der Waals surface area contributed by atoms with Crippen molar-refractivity contribution in [1.82, 2.24) is 9.97 Å². The monoisotopic (exact) mass is 219 g/mol. The first kappa shape index (κ1) is 9.57. The topological polar surface area (TPSA) is 75.1 Å². The normalized spacial score (nSPS) is 19.5. The van der Waals surface area contributed by atoms with Gasteiger partial charge < -0.3 is 10.4 Å². The van der Waals surface area contributed by atoms with Crippen molar-refractivity contribution in [3.63, 3.8) is 0 Å². The van der Waals surface area contributed by atoms with Crippen molar-refractivity contribution in [2.45, 2.75) is 37.6 Å². The summed E-state index contributed by atoms with van der Waals surface area (Å²) in [5.41, 5.74) is 0.953. The molecule has 0 spiro atoms. The van der Waals surface area contributed by atoms with E-state index in [0.29, 0.717) is 23.6 Å². The molecule has 1 aromatic heterocycles. The minimum absolute atomic E-state index is 0.254. The molecule has 0 unspecified atom stereocenters. The van der Waals surface area contributed by atoms with E-state index in [1.807, 2.05) is 0 Å². The van der Waals surface area contributed by atoms with Gasteiger partial charge in [0.2, 0.25) is 5.95 Å². The van der Waals surface area contributed by atoms with Crippen LogP contribution < -0.4 is 5.32 Å². The highest BCUT2D eigenvalue weighted by Gasteiger charge is 2.31. The number of carbonyl (C=O) groups is 1. The highest BCUT2D eigenvalue weighted by molar-refractivity contribution is 5.89. The van der Waals surface area contributed by atoms with E-state index >= 15 is 0 Å². The van der Waals surface area contributed by atoms with Gasteiger partial charge in [0.15, 0.2) is 0 Å². The van der Waals surface area contributed by atoms with Gasteiger partial charge >= 0.3 is 5.97 Å². The number of carboxylic acids is 1. The zero-order chi connectivity index (χ0) is 11.1. The summed E-state index contributed by atoms with van der Waals surface area (Å²) in [6.07, 6.45) is 5.82. The summed E-state index contributed by atoms with van der Waals surface area (Å²) >= 11 is 0. The van der Waals surface area contributed by atoms with Crippen molar-refractivity contribution in [3.8, 4) is 0 Å². The maximum atomic E-state index is 11.0. The summed E-state index contributed by atoms with van der Waals surface area (Å²) in [6, 6.07) is 0.489. The fourth-order valence-corrected chi connectivity index (χ4v) is 1.71. The smallest absolute Gasteiger partial charge is 0.339 e. The molecule has 0 atom stereocenters. The molecular weight excluding hydrogens is 206 g/mol. The molecule has 2 fully saturated rings. The number of aromatic nitrogens is 2. The second kappa shape index (κ2) is 3.43. The summed E-state index contributed by atoms with van der Waals surface area (Å²) in [6.45, 7) is 0. The molecular formula is C11H13N3O2. The summed E-state index contributed by atoms with van der Waals surface area (Å²) in [7, 11) is 0. The SMILES string of the molecule is O=C(O)c1cnc(NC2CC2)nc1C1CC1. The van der Waals surface area contributed by atoms with Crippen LogP contribution >= 0.6 is 0 Å². The van der Waals surface area contributed by atoms with E-state index in [0.717, 1.165) is 25.7 Å². The zero-order valence-electron chi connectivity index (χ0n) is 8.81. The van der Waals surface area contributed by atoms with Crippen LogP contribution in [0.1, 0.15) is 47.7 Å². The molecule has 1 heterocycles. The van der Waals surface area contributed by atoms with Gasteiger partial charge in [-0.3, -0.25) is 0 Å². The van der Waals surface area contributed by atoms with Crippen LogP contribution in [0, 0.1) is 0 Å². The fraction of sp³-hybridized carbons (Fsp3) is 0.545. The van der Waals surface area contributed by atoms with Crippen LogP contribution in [0.15, 0.2) is 6.20 Å². The number of anilines is 1. The molecule has 16 heavy (non-hydrogen) atoms. The van der Waals surface area contributed by atoms with Crippen LogP contribution in [0.25, 0.3) is 0 Å². The van der Waals surface area contributed by atoms with E-state index in [1.54, 1.807) is 0 Å². The minimum Gasteiger partial charge on any atom is -0.478 e. The number of hydrogen-bond acceptors (Lipinski definition) is 4. The number of aromatic carboxylic acids is 1. The van der Waals surface area contributed by atoms with Crippen LogP contribution in [0.5, 0.6) is 0 Å². The Morgan fingerprint density at radius 1 is 1.38 bits per heavy atom. The Morgan fingerprint density at radius 3 is 2.69 bits per heavy atom. The highest BCUT2D eigenvalue weighted by Crippen LogP contribution is 2.40. The Kier molecular flexibility index (Phi) is 2.05. The fourth-order valence-electron chi connectivity index (χ4n) is 1.71. The Balaban J connectivity index is 1.91. The molecule has 3 rings (SSSR count). The first-order valence-electron chi connectivity index (χ1n) is 5.61. The van der Waals surface area contributed by atoms with Crippen molar-refractivity contribution >= 4 is 11.9 Å². The standard InChI is InChI=1S/C11H13N3O2/c15-10(16)8-5-12-11(13-7-3-4-7)14-9(8)6-1-2-6/h5-7H,1-4H2,(H,15,16)(H,12,13,14). The molecule has 2 saturated carbocycles.